The number of rotatable bonds is 4. The Kier molecular flexibility index (Phi) is 5.06. The van der Waals surface area contributed by atoms with Crippen LogP contribution in [0.3, 0.4) is 0 Å². The van der Waals surface area contributed by atoms with Gasteiger partial charge in [0.05, 0.1) is 17.2 Å². The fraction of sp³-hybridized carbons (Fsp3) is 0.111. The number of thioether (sulfide) groups is 1. The minimum atomic E-state index is -0.435. The van der Waals surface area contributed by atoms with Crippen molar-refractivity contribution in [3.05, 3.63) is 58.8 Å². The monoisotopic (exact) mass is 375 g/mol. The maximum Gasteiger partial charge on any atom is 0.270 e. The molecular formula is C18H14FNO3S2. The van der Waals surface area contributed by atoms with Gasteiger partial charge in [-0.05, 0) is 48.9 Å². The molecule has 0 bridgehead atoms. The van der Waals surface area contributed by atoms with E-state index in [1.165, 1.54) is 29.2 Å². The lowest BCUT2D eigenvalue weighted by Gasteiger charge is -2.14. The second kappa shape index (κ2) is 7.25. The fourth-order valence-corrected chi connectivity index (χ4v) is 3.65. The summed E-state index contributed by atoms with van der Waals surface area (Å²) in [7, 11) is 0. The van der Waals surface area contributed by atoms with E-state index in [2.05, 4.69) is 0 Å². The van der Waals surface area contributed by atoms with Crippen molar-refractivity contribution in [2.75, 3.05) is 11.5 Å². The molecular weight excluding hydrogens is 361 g/mol. The van der Waals surface area contributed by atoms with Crippen LogP contribution < -0.4 is 9.64 Å². The largest absolute Gasteiger partial charge is 0.504 e. The zero-order chi connectivity index (χ0) is 18.0. The summed E-state index contributed by atoms with van der Waals surface area (Å²) < 4.78 is 19.1. The maximum absolute atomic E-state index is 13.4. The van der Waals surface area contributed by atoms with Crippen LogP contribution in [0.4, 0.5) is 10.1 Å². The first-order valence-corrected chi connectivity index (χ1v) is 8.71. The van der Waals surface area contributed by atoms with E-state index in [1.807, 2.05) is 6.92 Å². The molecule has 1 amide bonds. The van der Waals surface area contributed by atoms with E-state index in [9.17, 15) is 14.3 Å². The molecule has 4 nitrogen and oxygen atoms in total. The molecule has 1 aliphatic rings. The highest BCUT2D eigenvalue weighted by Crippen LogP contribution is 2.37. The molecule has 0 radical (unpaired) electrons. The Morgan fingerprint density at radius 1 is 1.32 bits per heavy atom. The van der Waals surface area contributed by atoms with Crippen LogP contribution in [0.25, 0.3) is 6.08 Å². The number of carbonyl (C=O) groups excluding carboxylic acids is 1. The fourth-order valence-electron chi connectivity index (χ4n) is 2.35. The molecule has 3 rings (SSSR count). The zero-order valence-electron chi connectivity index (χ0n) is 13.2. The van der Waals surface area contributed by atoms with Crippen molar-refractivity contribution in [1.82, 2.24) is 0 Å². The Bertz CT molecular complexity index is 882. The number of thiocarbonyl (C=S) groups is 1. The van der Waals surface area contributed by atoms with Gasteiger partial charge < -0.3 is 9.84 Å². The predicted octanol–water partition coefficient (Wildman–Crippen LogP) is 4.34. The summed E-state index contributed by atoms with van der Waals surface area (Å²) in [5, 5.41) is 9.76. The highest BCUT2D eigenvalue weighted by atomic mass is 32.2. The predicted molar refractivity (Wildman–Crippen MR) is 101 cm³/mol. The zero-order valence-corrected chi connectivity index (χ0v) is 14.9. The van der Waals surface area contributed by atoms with Gasteiger partial charge in [-0.15, -0.1) is 0 Å². The first kappa shape index (κ1) is 17.4. The number of phenols is 1. The average Bonchev–Trinajstić information content (AvgIpc) is 2.85. The Morgan fingerprint density at radius 3 is 2.84 bits per heavy atom. The SMILES string of the molecule is CCOc1cc(/C=C2/SC(=S)N(c3cccc(F)c3)C2=O)ccc1O. The molecule has 1 heterocycles. The van der Waals surface area contributed by atoms with Gasteiger partial charge in [0.2, 0.25) is 0 Å². The normalized spacial score (nSPS) is 15.9. The Morgan fingerprint density at radius 2 is 2.12 bits per heavy atom. The number of hydrogen-bond acceptors (Lipinski definition) is 5. The van der Waals surface area contributed by atoms with Gasteiger partial charge in [0.1, 0.15) is 5.82 Å². The van der Waals surface area contributed by atoms with Gasteiger partial charge in [-0.25, -0.2) is 4.39 Å². The van der Waals surface area contributed by atoms with Gasteiger partial charge in [0.25, 0.3) is 5.91 Å². The van der Waals surface area contributed by atoms with Crippen LogP contribution in [0.2, 0.25) is 0 Å². The lowest BCUT2D eigenvalue weighted by atomic mass is 10.2. The third-order valence-corrected chi connectivity index (χ3v) is 4.74. The molecule has 1 N–H and O–H groups in total. The van der Waals surface area contributed by atoms with Gasteiger partial charge in [-0.2, -0.15) is 0 Å². The number of benzene rings is 2. The quantitative estimate of drug-likeness (QED) is 0.636. The Balaban J connectivity index is 1.92. The number of phenolic OH excluding ortho intramolecular Hbond substituents is 1. The summed E-state index contributed by atoms with van der Waals surface area (Å²) in [5.74, 6) is -0.370. The van der Waals surface area contributed by atoms with Crippen molar-refractivity contribution in [1.29, 1.82) is 0 Å². The third-order valence-electron chi connectivity index (χ3n) is 3.44. The number of carbonyl (C=O) groups is 1. The van der Waals surface area contributed by atoms with Crippen molar-refractivity contribution in [3.8, 4) is 11.5 Å². The van der Waals surface area contributed by atoms with Gasteiger partial charge in [-0.1, -0.05) is 36.1 Å². The van der Waals surface area contributed by atoms with Gasteiger partial charge in [0.15, 0.2) is 15.8 Å². The highest BCUT2D eigenvalue weighted by molar-refractivity contribution is 8.27. The standard InChI is InChI=1S/C18H14FNO3S2/c1-2-23-15-8-11(6-7-14(15)21)9-16-17(22)20(18(24)25-16)13-5-3-4-12(19)10-13/h3-10,21H,2H2,1H3/b16-9+. The van der Waals surface area contributed by atoms with Crippen molar-refractivity contribution < 1.29 is 19.0 Å². The van der Waals surface area contributed by atoms with E-state index in [1.54, 1.807) is 24.3 Å². The molecule has 25 heavy (non-hydrogen) atoms. The van der Waals surface area contributed by atoms with E-state index in [4.69, 9.17) is 17.0 Å². The first-order chi connectivity index (χ1) is 12.0. The Hall–Kier alpha value is -2.38. The summed E-state index contributed by atoms with van der Waals surface area (Å²) in [6.45, 7) is 2.23. The molecule has 0 aliphatic carbocycles. The summed E-state index contributed by atoms with van der Waals surface area (Å²) in [4.78, 5) is 14.4. The van der Waals surface area contributed by atoms with E-state index in [0.29, 0.717) is 32.8 Å². The van der Waals surface area contributed by atoms with Crippen molar-refractivity contribution in [3.63, 3.8) is 0 Å². The molecule has 2 aromatic carbocycles. The van der Waals surface area contributed by atoms with Gasteiger partial charge in [-0.3, -0.25) is 9.69 Å². The topological polar surface area (TPSA) is 49.8 Å². The van der Waals surface area contributed by atoms with E-state index < -0.39 is 5.82 Å². The van der Waals surface area contributed by atoms with Crippen LogP contribution in [0.1, 0.15) is 12.5 Å². The van der Waals surface area contributed by atoms with Crippen molar-refractivity contribution >= 4 is 46.0 Å². The van der Waals surface area contributed by atoms with Crippen molar-refractivity contribution in [2.45, 2.75) is 6.92 Å². The lowest BCUT2D eigenvalue weighted by molar-refractivity contribution is -0.113. The summed E-state index contributed by atoms with van der Waals surface area (Å²) in [5.41, 5.74) is 1.09. The number of amides is 1. The number of nitrogens with zero attached hydrogens (tertiary/aromatic N) is 1. The van der Waals surface area contributed by atoms with Crippen LogP contribution in [-0.4, -0.2) is 21.9 Å². The lowest BCUT2D eigenvalue weighted by Crippen LogP contribution is -2.27. The molecule has 1 fully saturated rings. The van der Waals surface area contributed by atoms with Crippen LogP contribution >= 0.6 is 24.0 Å². The molecule has 0 unspecified atom stereocenters. The van der Waals surface area contributed by atoms with Crippen LogP contribution in [0, 0.1) is 5.82 Å². The number of hydrogen-bond donors (Lipinski definition) is 1. The molecule has 2 aromatic rings. The smallest absolute Gasteiger partial charge is 0.270 e. The van der Waals surface area contributed by atoms with Gasteiger partial charge in [0, 0.05) is 0 Å². The molecule has 1 saturated heterocycles. The van der Waals surface area contributed by atoms with E-state index >= 15 is 0 Å². The summed E-state index contributed by atoms with van der Waals surface area (Å²) in [6.07, 6.45) is 1.67. The third kappa shape index (κ3) is 3.67. The summed E-state index contributed by atoms with van der Waals surface area (Å²) >= 11 is 6.41. The molecule has 0 aromatic heterocycles. The Labute approximate surface area is 153 Å². The number of ether oxygens (including phenoxy) is 1. The van der Waals surface area contributed by atoms with Crippen LogP contribution in [-0.2, 0) is 4.79 Å². The molecule has 128 valence electrons. The maximum atomic E-state index is 13.4. The van der Waals surface area contributed by atoms with Crippen LogP contribution in [0.15, 0.2) is 47.4 Å². The second-order valence-electron chi connectivity index (χ2n) is 5.16. The molecule has 0 spiro atoms. The number of anilines is 1. The number of halogens is 1. The summed E-state index contributed by atoms with van der Waals surface area (Å²) in [6, 6.07) is 10.6. The first-order valence-electron chi connectivity index (χ1n) is 7.49. The minimum Gasteiger partial charge on any atom is -0.504 e. The van der Waals surface area contributed by atoms with E-state index in [-0.39, 0.29) is 11.7 Å². The van der Waals surface area contributed by atoms with Crippen molar-refractivity contribution in [2.24, 2.45) is 0 Å². The second-order valence-corrected chi connectivity index (χ2v) is 6.83. The van der Waals surface area contributed by atoms with Crippen LogP contribution in [0.5, 0.6) is 11.5 Å². The van der Waals surface area contributed by atoms with E-state index in [0.717, 1.165) is 11.8 Å². The van der Waals surface area contributed by atoms with Gasteiger partial charge >= 0.3 is 0 Å². The molecule has 1 aliphatic heterocycles. The molecule has 7 heteroatoms. The minimum absolute atomic E-state index is 0.0336. The molecule has 0 atom stereocenters. The number of aromatic hydroxyl groups is 1. The molecule has 0 saturated carbocycles. The average molecular weight is 375 g/mol. The highest BCUT2D eigenvalue weighted by Gasteiger charge is 2.33.